The van der Waals surface area contributed by atoms with Gasteiger partial charge >= 0.3 is 6.01 Å². The maximum atomic E-state index is 15.3. The van der Waals surface area contributed by atoms with Crippen LogP contribution in [0.25, 0.3) is 4.85 Å². The molecule has 0 radical (unpaired) electrons. The van der Waals surface area contributed by atoms with E-state index in [0.717, 1.165) is 54.6 Å². The summed E-state index contributed by atoms with van der Waals surface area (Å²) in [7, 11) is 4.12. The second kappa shape index (κ2) is 11.2. The summed E-state index contributed by atoms with van der Waals surface area (Å²) in [5.74, 6) is -1.29. The zero-order chi connectivity index (χ0) is 29.6. The lowest BCUT2D eigenvalue weighted by molar-refractivity contribution is -0.131. The minimum absolute atomic E-state index is 0.0409. The van der Waals surface area contributed by atoms with Gasteiger partial charge in [0.25, 0.3) is 5.91 Å². The fraction of sp³-hybridized carbons (Fsp3) is 0.548. The summed E-state index contributed by atoms with van der Waals surface area (Å²) in [6.07, 6.45) is 4.29. The summed E-state index contributed by atoms with van der Waals surface area (Å²) < 4.78 is 35.4. The van der Waals surface area contributed by atoms with Crippen LogP contribution in [0.3, 0.4) is 0 Å². The fourth-order valence-corrected chi connectivity index (χ4v) is 7.35. The van der Waals surface area contributed by atoms with Crippen molar-refractivity contribution in [2.24, 2.45) is 0 Å². The van der Waals surface area contributed by atoms with E-state index in [4.69, 9.17) is 21.3 Å². The van der Waals surface area contributed by atoms with Gasteiger partial charge in [0, 0.05) is 49.8 Å². The van der Waals surface area contributed by atoms with Gasteiger partial charge in [0.2, 0.25) is 6.54 Å². The average Bonchev–Trinajstić information content (AvgIpc) is 3.56. The van der Waals surface area contributed by atoms with Crippen LogP contribution in [0.1, 0.15) is 41.6 Å². The standard InChI is InChI=1S/C31H37F2N7O2/c1-20(32)29(41)40-14-13-39(17-23(40)16-34-2)28-24-18-38(4)31(11-10-21-7-5-9-25(33)27(21)31)15-26(24)35-30(36-28)42-19-22-8-6-12-37(22)3/h5,7,9,22-23H,1,6,8,10-19H2,3-4H3/t22-,23-,31+/m0/s1. The van der Waals surface area contributed by atoms with E-state index in [1.54, 1.807) is 6.07 Å². The monoisotopic (exact) mass is 577 g/mol. The van der Waals surface area contributed by atoms with E-state index in [1.165, 1.54) is 11.0 Å². The van der Waals surface area contributed by atoms with Gasteiger partial charge in [0.1, 0.15) is 24.3 Å². The van der Waals surface area contributed by atoms with Crippen LogP contribution >= 0.6 is 0 Å². The molecule has 0 unspecified atom stereocenters. The number of piperazine rings is 1. The quantitative estimate of drug-likeness (QED) is 0.386. The van der Waals surface area contributed by atoms with Crippen LogP contribution in [-0.2, 0) is 29.7 Å². The maximum Gasteiger partial charge on any atom is 0.318 e. The molecule has 2 saturated heterocycles. The molecule has 0 N–H and O–H groups in total. The van der Waals surface area contributed by atoms with Crippen molar-refractivity contribution >= 4 is 11.7 Å². The molecule has 4 heterocycles. The van der Waals surface area contributed by atoms with Gasteiger partial charge < -0.3 is 24.3 Å². The highest BCUT2D eigenvalue weighted by Gasteiger charge is 2.48. The van der Waals surface area contributed by atoms with E-state index < -0.39 is 23.3 Å². The highest BCUT2D eigenvalue weighted by molar-refractivity contribution is 5.91. The molecule has 1 spiro atoms. The number of ether oxygens (including phenoxy) is 1. The first kappa shape index (κ1) is 28.5. The van der Waals surface area contributed by atoms with Crippen LogP contribution in [0.15, 0.2) is 30.6 Å². The molecule has 1 aliphatic carbocycles. The van der Waals surface area contributed by atoms with Crippen LogP contribution in [0, 0.1) is 12.4 Å². The third-order valence-electron chi connectivity index (χ3n) is 9.66. The van der Waals surface area contributed by atoms with Crippen molar-refractivity contribution in [3.05, 3.63) is 70.2 Å². The Morgan fingerprint density at radius 1 is 1.24 bits per heavy atom. The van der Waals surface area contributed by atoms with Crippen molar-refractivity contribution in [2.75, 3.05) is 58.3 Å². The molecule has 11 heteroatoms. The number of fused-ring (bicyclic) bond motifs is 3. The minimum Gasteiger partial charge on any atom is -0.462 e. The summed E-state index contributed by atoms with van der Waals surface area (Å²) in [6, 6.07) is 5.39. The van der Waals surface area contributed by atoms with Crippen molar-refractivity contribution in [3.63, 3.8) is 0 Å². The van der Waals surface area contributed by atoms with Crippen LogP contribution in [0.2, 0.25) is 0 Å². The Bertz CT molecular complexity index is 1450. The second-order valence-corrected chi connectivity index (χ2v) is 12.0. The van der Waals surface area contributed by atoms with Gasteiger partial charge in [-0.15, -0.1) is 0 Å². The highest BCUT2D eigenvalue weighted by atomic mass is 19.1. The summed E-state index contributed by atoms with van der Waals surface area (Å²) >= 11 is 0. The van der Waals surface area contributed by atoms with E-state index in [1.807, 2.05) is 13.1 Å². The summed E-state index contributed by atoms with van der Waals surface area (Å²) in [6.45, 7) is 13.6. The molecule has 2 aromatic rings. The maximum absolute atomic E-state index is 15.3. The first-order valence-corrected chi connectivity index (χ1v) is 14.7. The highest BCUT2D eigenvalue weighted by Crippen LogP contribution is 2.49. The van der Waals surface area contributed by atoms with Crippen molar-refractivity contribution in [2.45, 2.75) is 56.3 Å². The Hall–Kier alpha value is -3.62. The van der Waals surface area contributed by atoms with E-state index in [0.29, 0.717) is 38.5 Å². The zero-order valence-electron chi connectivity index (χ0n) is 24.3. The predicted molar refractivity (Wildman–Crippen MR) is 154 cm³/mol. The lowest BCUT2D eigenvalue weighted by Gasteiger charge is -2.46. The van der Waals surface area contributed by atoms with Gasteiger partial charge in [-0.3, -0.25) is 9.69 Å². The third-order valence-corrected chi connectivity index (χ3v) is 9.66. The van der Waals surface area contributed by atoms with Gasteiger partial charge in [0.15, 0.2) is 5.83 Å². The van der Waals surface area contributed by atoms with Gasteiger partial charge in [-0.05, 0) is 58.0 Å². The van der Waals surface area contributed by atoms with E-state index in [9.17, 15) is 9.18 Å². The molecule has 0 bridgehead atoms. The van der Waals surface area contributed by atoms with E-state index in [2.05, 4.69) is 33.2 Å². The van der Waals surface area contributed by atoms with Gasteiger partial charge in [-0.1, -0.05) is 18.7 Å². The SMILES string of the molecule is [C-]#[N+]C[C@H]1CN(c2nc(OC[C@@H]3CCCN3C)nc3c2CN(C)[C@]2(CCc4cccc(F)c42)C3)CCN1C(=O)C(=C)F. The van der Waals surface area contributed by atoms with Crippen molar-refractivity contribution in [1.82, 2.24) is 24.7 Å². The Labute approximate surface area is 245 Å². The van der Waals surface area contributed by atoms with E-state index >= 15 is 4.39 Å². The number of carbonyl (C=O) groups excluding carboxylic acids is 1. The predicted octanol–water partition coefficient (Wildman–Crippen LogP) is 3.34. The zero-order valence-corrected chi connectivity index (χ0v) is 24.3. The van der Waals surface area contributed by atoms with Gasteiger partial charge in [-0.25, -0.2) is 15.4 Å². The van der Waals surface area contributed by atoms with Crippen LogP contribution in [-0.4, -0.2) is 96.1 Å². The first-order valence-electron chi connectivity index (χ1n) is 14.7. The van der Waals surface area contributed by atoms with E-state index in [-0.39, 0.29) is 31.0 Å². The smallest absolute Gasteiger partial charge is 0.318 e. The normalized spacial score (nSPS) is 25.8. The molecule has 0 saturated carbocycles. The molecule has 222 valence electrons. The number of rotatable bonds is 6. The molecule has 3 atom stereocenters. The molecule has 9 nitrogen and oxygen atoms in total. The molecule has 6 rings (SSSR count). The topological polar surface area (TPSA) is 69.4 Å². The largest absolute Gasteiger partial charge is 0.462 e. The Balaban J connectivity index is 1.37. The molecule has 1 aromatic carbocycles. The third kappa shape index (κ3) is 4.90. The lowest BCUT2D eigenvalue weighted by Crippen LogP contribution is -2.57. The number of carbonyl (C=O) groups is 1. The van der Waals surface area contributed by atoms with Gasteiger partial charge in [0.05, 0.1) is 11.2 Å². The van der Waals surface area contributed by atoms with Crippen LogP contribution < -0.4 is 9.64 Å². The number of likely N-dealkylation sites (tertiary alicyclic amines) is 1. The minimum atomic E-state index is -1.03. The van der Waals surface area contributed by atoms with Crippen LogP contribution in [0.5, 0.6) is 6.01 Å². The number of anilines is 1. The Morgan fingerprint density at radius 2 is 2.07 bits per heavy atom. The number of aromatic nitrogens is 2. The van der Waals surface area contributed by atoms with Crippen molar-refractivity contribution < 1.29 is 18.3 Å². The first-order chi connectivity index (χ1) is 20.2. The Morgan fingerprint density at radius 3 is 2.81 bits per heavy atom. The number of nitrogens with zero attached hydrogens (tertiary/aromatic N) is 7. The number of hydrogen-bond acceptors (Lipinski definition) is 7. The molecule has 2 fully saturated rings. The number of likely N-dealkylation sites (N-methyl/N-ethyl adjacent to an activating group) is 2. The summed E-state index contributed by atoms with van der Waals surface area (Å²) in [5.41, 5.74) is 3.05. The Kier molecular flexibility index (Phi) is 7.62. The molecule has 4 aliphatic rings. The number of aryl methyl sites for hydroxylation is 1. The molecular formula is C31H37F2N7O2. The summed E-state index contributed by atoms with van der Waals surface area (Å²) in [5, 5.41) is 0. The molecular weight excluding hydrogens is 540 g/mol. The summed E-state index contributed by atoms with van der Waals surface area (Å²) in [4.78, 5) is 33.8. The number of halogens is 2. The second-order valence-electron chi connectivity index (χ2n) is 12.0. The van der Waals surface area contributed by atoms with Crippen LogP contribution in [0.4, 0.5) is 14.6 Å². The number of benzene rings is 1. The fourth-order valence-electron chi connectivity index (χ4n) is 7.35. The molecule has 42 heavy (non-hydrogen) atoms. The number of amides is 1. The molecule has 1 amide bonds. The van der Waals surface area contributed by atoms with Gasteiger partial charge in [-0.2, -0.15) is 9.97 Å². The average molecular weight is 578 g/mol. The lowest BCUT2D eigenvalue weighted by atomic mass is 9.80. The molecule has 1 aromatic heterocycles. The number of hydrogen-bond donors (Lipinski definition) is 0. The van der Waals surface area contributed by atoms with Crippen molar-refractivity contribution in [3.8, 4) is 6.01 Å². The van der Waals surface area contributed by atoms with Crippen molar-refractivity contribution in [1.29, 1.82) is 0 Å². The molecule has 3 aliphatic heterocycles.